The van der Waals surface area contributed by atoms with Crippen LogP contribution in [0.4, 0.5) is 5.82 Å². The molecule has 0 spiro atoms. The van der Waals surface area contributed by atoms with Gasteiger partial charge in [0.05, 0.1) is 12.1 Å². The first-order chi connectivity index (χ1) is 9.31. The Morgan fingerprint density at radius 3 is 2.74 bits per heavy atom. The molecule has 2 rings (SSSR count). The monoisotopic (exact) mass is 253 g/mol. The van der Waals surface area contributed by atoms with E-state index in [2.05, 4.69) is 11.1 Å². The minimum Gasteiger partial charge on any atom is -0.492 e. The quantitative estimate of drug-likeness (QED) is 0.821. The van der Waals surface area contributed by atoms with Crippen LogP contribution in [-0.2, 0) is 0 Å². The van der Waals surface area contributed by atoms with Crippen LogP contribution in [0.1, 0.15) is 5.56 Å². The maximum Gasteiger partial charge on any atom is 0.146 e. The van der Waals surface area contributed by atoms with E-state index in [1.807, 2.05) is 42.3 Å². The number of aromatic nitrogens is 1. The molecule has 19 heavy (non-hydrogen) atoms. The number of rotatable bonds is 5. The normalized spacial score (nSPS) is 9.68. The van der Waals surface area contributed by atoms with Gasteiger partial charge in [0.2, 0.25) is 0 Å². The fraction of sp³-hybridized carbons (Fsp3) is 0.200. The minimum atomic E-state index is 0.544. The van der Waals surface area contributed by atoms with E-state index >= 15 is 0 Å². The number of hydrogen-bond donors (Lipinski definition) is 0. The van der Waals surface area contributed by atoms with Gasteiger partial charge in [-0.1, -0.05) is 18.2 Å². The third-order valence-corrected chi connectivity index (χ3v) is 2.71. The predicted molar refractivity (Wildman–Crippen MR) is 74.2 cm³/mol. The molecular weight excluding hydrogens is 238 g/mol. The molecule has 0 unspecified atom stereocenters. The minimum absolute atomic E-state index is 0.544. The van der Waals surface area contributed by atoms with Crippen molar-refractivity contribution in [1.29, 1.82) is 5.26 Å². The van der Waals surface area contributed by atoms with Crippen molar-refractivity contribution in [2.45, 2.75) is 0 Å². The maximum atomic E-state index is 9.02. The third kappa shape index (κ3) is 3.46. The number of nitriles is 1. The highest BCUT2D eigenvalue weighted by Gasteiger charge is 2.07. The molecule has 2 aromatic rings. The molecule has 0 saturated heterocycles. The van der Waals surface area contributed by atoms with Crippen LogP contribution in [0.3, 0.4) is 0 Å². The zero-order chi connectivity index (χ0) is 13.5. The van der Waals surface area contributed by atoms with Crippen LogP contribution < -0.4 is 9.64 Å². The number of ether oxygens (including phenoxy) is 1. The lowest BCUT2D eigenvalue weighted by Crippen LogP contribution is -2.25. The Labute approximate surface area is 112 Å². The predicted octanol–water partition coefficient (Wildman–Crippen LogP) is 2.47. The van der Waals surface area contributed by atoms with Gasteiger partial charge >= 0.3 is 0 Å². The first kappa shape index (κ1) is 12.9. The van der Waals surface area contributed by atoms with E-state index in [0.717, 1.165) is 5.75 Å². The lowest BCUT2D eigenvalue weighted by Gasteiger charge is -2.19. The van der Waals surface area contributed by atoms with Gasteiger partial charge in [-0.25, -0.2) is 4.98 Å². The Hall–Kier alpha value is -2.54. The second-order valence-corrected chi connectivity index (χ2v) is 4.07. The Balaban J connectivity index is 1.91. The number of benzene rings is 1. The Bertz CT molecular complexity index is 563. The fourth-order valence-corrected chi connectivity index (χ4v) is 1.71. The average molecular weight is 253 g/mol. The van der Waals surface area contributed by atoms with Crippen LogP contribution in [0.2, 0.25) is 0 Å². The molecule has 4 heteroatoms. The molecule has 0 saturated carbocycles. The number of anilines is 1. The molecule has 0 amide bonds. The topological polar surface area (TPSA) is 49.1 Å². The SMILES string of the molecule is CN(CCOc1ccccc1)c1ncccc1C#N. The first-order valence-corrected chi connectivity index (χ1v) is 6.05. The van der Waals surface area contributed by atoms with E-state index in [9.17, 15) is 0 Å². The molecule has 0 N–H and O–H groups in total. The summed E-state index contributed by atoms with van der Waals surface area (Å²) in [5.74, 6) is 1.53. The van der Waals surface area contributed by atoms with Crippen LogP contribution in [0, 0.1) is 11.3 Å². The van der Waals surface area contributed by atoms with E-state index < -0.39 is 0 Å². The van der Waals surface area contributed by atoms with E-state index in [1.54, 1.807) is 18.3 Å². The van der Waals surface area contributed by atoms with Crippen molar-refractivity contribution in [2.24, 2.45) is 0 Å². The average Bonchev–Trinajstić information content (AvgIpc) is 2.48. The molecular formula is C15H15N3O. The Kier molecular flexibility index (Phi) is 4.35. The van der Waals surface area contributed by atoms with Gasteiger partial charge in [-0.2, -0.15) is 5.26 Å². The van der Waals surface area contributed by atoms with Crippen LogP contribution in [0.25, 0.3) is 0 Å². The zero-order valence-electron chi connectivity index (χ0n) is 10.8. The highest BCUT2D eigenvalue weighted by molar-refractivity contribution is 5.52. The summed E-state index contributed by atoms with van der Waals surface area (Å²) in [7, 11) is 1.90. The molecule has 0 aliphatic rings. The fourth-order valence-electron chi connectivity index (χ4n) is 1.71. The largest absolute Gasteiger partial charge is 0.492 e. The van der Waals surface area contributed by atoms with Gasteiger partial charge < -0.3 is 9.64 Å². The maximum absolute atomic E-state index is 9.02. The molecule has 0 fully saturated rings. The van der Waals surface area contributed by atoms with Gasteiger partial charge in [0, 0.05) is 13.2 Å². The van der Waals surface area contributed by atoms with Crippen molar-refractivity contribution >= 4 is 5.82 Å². The van der Waals surface area contributed by atoms with Crippen LogP contribution in [0.5, 0.6) is 5.75 Å². The van der Waals surface area contributed by atoms with Crippen LogP contribution in [-0.4, -0.2) is 25.2 Å². The summed E-state index contributed by atoms with van der Waals surface area (Å²) in [5, 5.41) is 9.02. The summed E-state index contributed by atoms with van der Waals surface area (Å²) in [6.07, 6.45) is 1.69. The van der Waals surface area contributed by atoms with Crippen LogP contribution >= 0.6 is 0 Å². The molecule has 0 aliphatic carbocycles. The second-order valence-electron chi connectivity index (χ2n) is 4.07. The number of pyridine rings is 1. The molecule has 4 nitrogen and oxygen atoms in total. The number of hydrogen-bond acceptors (Lipinski definition) is 4. The van der Waals surface area contributed by atoms with Gasteiger partial charge in [-0.05, 0) is 24.3 Å². The van der Waals surface area contributed by atoms with Gasteiger partial charge in [0.25, 0.3) is 0 Å². The highest BCUT2D eigenvalue weighted by Crippen LogP contribution is 2.14. The summed E-state index contributed by atoms with van der Waals surface area (Å²) in [5.41, 5.74) is 0.574. The van der Waals surface area contributed by atoms with E-state index in [4.69, 9.17) is 10.00 Å². The molecule has 96 valence electrons. The highest BCUT2D eigenvalue weighted by atomic mass is 16.5. The van der Waals surface area contributed by atoms with Crippen molar-refractivity contribution in [1.82, 2.24) is 4.98 Å². The smallest absolute Gasteiger partial charge is 0.146 e. The van der Waals surface area contributed by atoms with Crippen molar-refractivity contribution in [3.05, 3.63) is 54.2 Å². The van der Waals surface area contributed by atoms with E-state index in [-0.39, 0.29) is 0 Å². The summed E-state index contributed by atoms with van der Waals surface area (Å²) in [6.45, 7) is 1.21. The number of likely N-dealkylation sites (N-methyl/N-ethyl adjacent to an activating group) is 1. The molecule has 0 radical (unpaired) electrons. The molecule has 1 heterocycles. The van der Waals surface area contributed by atoms with Crippen molar-refractivity contribution < 1.29 is 4.74 Å². The molecule has 1 aromatic carbocycles. The number of nitrogens with zero attached hydrogens (tertiary/aromatic N) is 3. The van der Waals surface area contributed by atoms with Gasteiger partial charge in [-0.15, -0.1) is 0 Å². The number of para-hydroxylation sites is 1. The Morgan fingerprint density at radius 1 is 1.21 bits per heavy atom. The molecule has 1 aromatic heterocycles. The third-order valence-electron chi connectivity index (χ3n) is 2.71. The molecule has 0 atom stereocenters. The van der Waals surface area contributed by atoms with Crippen molar-refractivity contribution in [3.8, 4) is 11.8 Å². The van der Waals surface area contributed by atoms with E-state index in [1.165, 1.54) is 0 Å². The van der Waals surface area contributed by atoms with Crippen molar-refractivity contribution in [2.75, 3.05) is 25.1 Å². The lowest BCUT2D eigenvalue weighted by molar-refractivity contribution is 0.325. The summed E-state index contributed by atoms with van der Waals surface area (Å²) in [4.78, 5) is 6.14. The lowest BCUT2D eigenvalue weighted by atomic mass is 10.2. The Morgan fingerprint density at radius 2 is 2.00 bits per heavy atom. The first-order valence-electron chi connectivity index (χ1n) is 6.05. The van der Waals surface area contributed by atoms with E-state index in [0.29, 0.717) is 24.5 Å². The van der Waals surface area contributed by atoms with Crippen LogP contribution in [0.15, 0.2) is 48.7 Å². The zero-order valence-corrected chi connectivity index (χ0v) is 10.8. The second kappa shape index (κ2) is 6.41. The van der Waals surface area contributed by atoms with Gasteiger partial charge in [0.1, 0.15) is 24.2 Å². The summed E-state index contributed by atoms with van der Waals surface area (Å²) < 4.78 is 5.62. The summed E-state index contributed by atoms with van der Waals surface area (Å²) >= 11 is 0. The standard InChI is InChI=1S/C15H15N3O/c1-18(15-13(12-16)6-5-9-17-15)10-11-19-14-7-3-2-4-8-14/h2-9H,10-11H2,1H3. The molecule has 0 bridgehead atoms. The van der Waals surface area contributed by atoms with Crippen molar-refractivity contribution in [3.63, 3.8) is 0 Å². The molecule has 0 aliphatic heterocycles. The van der Waals surface area contributed by atoms with Gasteiger partial charge in [0.15, 0.2) is 0 Å². The summed E-state index contributed by atoms with van der Waals surface area (Å²) in [6, 6.07) is 15.3. The van der Waals surface area contributed by atoms with Gasteiger partial charge in [-0.3, -0.25) is 0 Å².